The number of hydrogen-bond donors (Lipinski definition) is 0. The molecular weight excluding hydrogens is 316 g/mol. The lowest BCUT2D eigenvalue weighted by Crippen LogP contribution is -2.26. The maximum absolute atomic E-state index is 12.3. The summed E-state index contributed by atoms with van der Waals surface area (Å²) in [5.74, 6) is -0.513. The second-order valence-electron chi connectivity index (χ2n) is 4.83. The molecule has 0 spiro atoms. The highest BCUT2D eigenvalue weighted by atomic mass is 35.7. The zero-order valence-corrected chi connectivity index (χ0v) is 13.2. The van der Waals surface area contributed by atoms with Gasteiger partial charge in [-0.2, -0.15) is 0 Å². The van der Waals surface area contributed by atoms with Crippen molar-refractivity contribution in [1.82, 2.24) is 0 Å². The van der Waals surface area contributed by atoms with E-state index in [-0.39, 0.29) is 16.6 Å². The number of hydrogen-bond acceptors (Lipinski definition) is 5. The Bertz CT molecular complexity index is 620. The Morgan fingerprint density at radius 1 is 1.38 bits per heavy atom. The van der Waals surface area contributed by atoms with E-state index < -0.39 is 15.0 Å². The highest BCUT2D eigenvalue weighted by Crippen LogP contribution is 2.22. The first kappa shape index (κ1) is 16.3. The largest absolute Gasteiger partial charge is 0.459 e. The molecule has 1 aliphatic heterocycles. The molecule has 1 saturated heterocycles. The minimum Gasteiger partial charge on any atom is -0.459 e. The number of carbonyl (C=O) groups is 1. The van der Waals surface area contributed by atoms with Crippen LogP contribution in [0.3, 0.4) is 0 Å². The summed E-state index contributed by atoms with van der Waals surface area (Å²) in [7, 11) is 1.45. The smallest absolute Gasteiger partial charge is 0.338 e. The molecule has 0 atom stereocenters. The number of aryl methyl sites for hydroxylation is 1. The minimum atomic E-state index is -3.87. The van der Waals surface area contributed by atoms with Crippen LogP contribution in [-0.4, -0.2) is 33.7 Å². The van der Waals surface area contributed by atoms with E-state index in [9.17, 15) is 13.2 Å². The van der Waals surface area contributed by atoms with Gasteiger partial charge in [-0.25, -0.2) is 13.2 Å². The van der Waals surface area contributed by atoms with Gasteiger partial charge in [-0.15, -0.1) is 0 Å². The molecule has 116 valence electrons. The Morgan fingerprint density at radius 3 is 2.62 bits per heavy atom. The Balaban J connectivity index is 2.25. The molecule has 7 heteroatoms. The van der Waals surface area contributed by atoms with Gasteiger partial charge in [0.05, 0.1) is 23.7 Å². The van der Waals surface area contributed by atoms with E-state index in [1.807, 2.05) is 6.92 Å². The molecule has 21 heavy (non-hydrogen) atoms. The van der Waals surface area contributed by atoms with Gasteiger partial charge in [0, 0.05) is 23.5 Å². The minimum absolute atomic E-state index is 0.0969. The molecule has 0 aromatic heterocycles. The van der Waals surface area contributed by atoms with E-state index in [1.54, 1.807) is 6.07 Å². The molecule has 0 radical (unpaired) electrons. The van der Waals surface area contributed by atoms with Crippen LogP contribution in [0.1, 0.15) is 35.7 Å². The molecule has 0 unspecified atom stereocenters. The molecule has 0 saturated carbocycles. The molecule has 1 heterocycles. The zero-order chi connectivity index (χ0) is 15.5. The lowest BCUT2D eigenvalue weighted by atomic mass is 10.1. The third-order valence-electron chi connectivity index (χ3n) is 3.41. The van der Waals surface area contributed by atoms with Gasteiger partial charge in [0.2, 0.25) is 0 Å². The van der Waals surface area contributed by atoms with Gasteiger partial charge in [-0.3, -0.25) is 0 Å². The predicted octanol–water partition coefficient (Wildman–Crippen LogP) is 2.51. The van der Waals surface area contributed by atoms with Crippen LogP contribution in [0.25, 0.3) is 0 Å². The number of benzene rings is 1. The molecule has 1 aromatic rings. The third-order valence-corrected chi connectivity index (χ3v) is 4.76. The fraction of sp³-hybridized carbons (Fsp3) is 0.500. The van der Waals surface area contributed by atoms with Crippen LogP contribution in [0.4, 0.5) is 0 Å². The summed E-state index contributed by atoms with van der Waals surface area (Å²) in [6, 6.07) is 4.27. The van der Waals surface area contributed by atoms with Crippen molar-refractivity contribution in [2.75, 3.05) is 13.2 Å². The summed E-state index contributed by atoms with van der Waals surface area (Å²) in [5.41, 5.74) is 0.988. The van der Waals surface area contributed by atoms with Crippen LogP contribution < -0.4 is 0 Å². The van der Waals surface area contributed by atoms with Crippen molar-refractivity contribution in [3.05, 3.63) is 29.3 Å². The maximum Gasteiger partial charge on any atom is 0.338 e. The Kier molecular flexibility index (Phi) is 5.24. The number of ether oxygens (including phenoxy) is 2. The quantitative estimate of drug-likeness (QED) is 0.626. The first-order chi connectivity index (χ1) is 9.91. The van der Waals surface area contributed by atoms with Gasteiger partial charge in [-0.05, 0) is 24.1 Å². The number of halogens is 1. The van der Waals surface area contributed by atoms with Crippen LogP contribution in [0.15, 0.2) is 23.1 Å². The average molecular weight is 333 g/mol. The number of carbonyl (C=O) groups excluding carboxylic acids is 1. The fourth-order valence-electron chi connectivity index (χ4n) is 2.21. The fourth-order valence-corrected chi connectivity index (χ4v) is 2.99. The average Bonchev–Trinajstić information content (AvgIpc) is 2.46. The predicted molar refractivity (Wildman–Crippen MR) is 78.1 cm³/mol. The second-order valence-corrected chi connectivity index (χ2v) is 7.39. The van der Waals surface area contributed by atoms with E-state index in [2.05, 4.69) is 0 Å². The molecule has 0 N–H and O–H groups in total. The molecule has 0 aliphatic carbocycles. The zero-order valence-electron chi connectivity index (χ0n) is 11.7. The van der Waals surface area contributed by atoms with Crippen LogP contribution in [0.2, 0.25) is 0 Å². The van der Waals surface area contributed by atoms with Crippen molar-refractivity contribution < 1.29 is 22.7 Å². The first-order valence-corrected chi connectivity index (χ1v) is 9.09. The molecular formula is C14H17ClO5S. The molecule has 0 bridgehead atoms. The first-order valence-electron chi connectivity index (χ1n) is 6.78. The van der Waals surface area contributed by atoms with Gasteiger partial charge < -0.3 is 9.47 Å². The van der Waals surface area contributed by atoms with Crippen LogP contribution in [-0.2, 0) is 24.9 Å². The highest BCUT2D eigenvalue weighted by molar-refractivity contribution is 8.13. The van der Waals surface area contributed by atoms with E-state index in [0.29, 0.717) is 32.5 Å². The van der Waals surface area contributed by atoms with Gasteiger partial charge in [0.25, 0.3) is 9.05 Å². The number of esters is 1. The topological polar surface area (TPSA) is 69.7 Å². The Labute approximate surface area is 128 Å². The summed E-state index contributed by atoms with van der Waals surface area (Å²) in [6.45, 7) is 3.01. The third kappa shape index (κ3) is 4.18. The van der Waals surface area contributed by atoms with Crippen LogP contribution in [0.5, 0.6) is 0 Å². The lowest BCUT2D eigenvalue weighted by Gasteiger charge is -2.22. The van der Waals surface area contributed by atoms with Crippen LogP contribution in [0, 0.1) is 0 Å². The van der Waals surface area contributed by atoms with Crippen molar-refractivity contribution in [2.24, 2.45) is 0 Å². The summed E-state index contributed by atoms with van der Waals surface area (Å²) in [4.78, 5) is 12.2. The van der Waals surface area contributed by atoms with Crippen molar-refractivity contribution in [3.8, 4) is 0 Å². The normalized spacial score (nSPS) is 16.7. The Hall–Kier alpha value is -1.11. The Morgan fingerprint density at radius 2 is 2.05 bits per heavy atom. The van der Waals surface area contributed by atoms with Crippen LogP contribution >= 0.6 is 10.7 Å². The molecule has 0 amide bonds. The van der Waals surface area contributed by atoms with Crippen molar-refractivity contribution in [3.63, 3.8) is 0 Å². The maximum atomic E-state index is 12.3. The summed E-state index contributed by atoms with van der Waals surface area (Å²) >= 11 is 0. The molecule has 1 fully saturated rings. The van der Waals surface area contributed by atoms with Gasteiger partial charge >= 0.3 is 5.97 Å². The lowest BCUT2D eigenvalue weighted by molar-refractivity contribution is -0.0160. The van der Waals surface area contributed by atoms with Crippen molar-refractivity contribution in [2.45, 2.75) is 37.2 Å². The van der Waals surface area contributed by atoms with E-state index in [1.165, 1.54) is 12.1 Å². The number of rotatable bonds is 4. The van der Waals surface area contributed by atoms with Crippen molar-refractivity contribution >= 4 is 25.7 Å². The van der Waals surface area contributed by atoms with Gasteiger partial charge in [0.15, 0.2) is 0 Å². The standard InChI is InChI=1S/C14H17ClO5S/c1-2-10-3-4-12(21(15,17)18)9-13(10)14(16)20-11-5-7-19-8-6-11/h3-4,9,11H,2,5-8H2,1H3. The SMILES string of the molecule is CCc1ccc(S(=O)(=O)Cl)cc1C(=O)OC1CCOCC1. The van der Waals surface area contributed by atoms with Gasteiger partial charge in [-0.1, -0.05) is 13.0 Å². The summed E-state index contributed by atoms with van der Waals surface area (Å²) < 4.78 is 33.4. The summed E-state index contributed by atoms with van der Waals surface area (Å²) in [6.07, 6.45) is 1.72. The molecule has 1 aromatic carbocycles. The summed E-state index contributed by atoms with van der Waals surface area (Å²) in [5, 5.41) is 0. The second kappa shape index (κ2) is 6.77. The van der Waals surface area contributed by atoms with Crippen molar-refractivity contribution in [1.29, 1.82) is 0 Å². The highest BCUT2D eigenvalue weighted by Gasteiger charge is 2.22. The van der Waals surface area contributed by atoms with E-state index in [0.717, 1.165) is 5.56 Å². The molecule has 2 rings (SSSR count). The molecule has 1 aliphatic rings. The van der Waals surface area contributed by atoms with E-state index >= 15 is 0 Å². The monoisotopic (exact) mass is 332 g/mol. The molecule has 5 nitrogen and oxygen atoms in total. The van der Waals surface area contributed by atoms with Gasteiger partial charge in [0.1, 0.15) is 6.10 Å². The van der Waals surface area contributed by atoms with E-state index in [4.69, 9.17) is 20.2 Å².